The third-order valence-corrected chi connectivity index (χ3v) is 5.79. The lowest BCUT2D eigenvalue weighted by Crippen LogP contribution is -2.33. The number of hydrogen-bond donors (Lipinski definition) is 1. The average Bonchev–Trinajstić information content (AvgIpc) is 3.13. The van der Waals surface area contributed by atoms with Crippen molar-refractivity contribution in [2.45, 2.75) is 57.9 Å². The van der Waals surface area contributed by atoms with Crippen LogP contribution in [0.25, 0.3) is 11.3 Å². The van der Waals surface area contributed by atoms with Crippen LogP contribution in [0.3, 0.4) is 0 Å². The van der Waals surface area contributed by atoms with E-state index in [1.54, 1.807) is 11.3 Å². The number of carbonyl (C=O) groups is 1. The van der Waals surface area contributed by atoms with Gasteiger partial charge in [0.1, 0.15) is 0 Å². The number of hydrogen-bond acceptors (Lipinski definition) is 4. The zero-order chi connectivity index (χ0) is 17.6. The molecule has 1 aromatic heterocycles. The predicted octanol–water partition coefficient (Wildman–Crippen LogP) is 5.32. The predicted molar refractivity (Wildman–Crippen MR) is 106 cm³/mol. The summed E-state index contributed by atoms with van der Waals surface area (Å²) in [6, 6.07) is 8.59. The molecule has 0 unspecified atom stereocenters. The molecule has 134 valence electrons. The van der Waals surface area contributed by atoms with E-state index in [2.05, 4.69) is 22.6 Å². The fraction of sp³-hybridized carbons (Fsp3) is 0.500. The minimum atomic E-state index is 0.0697. The third-order valence-electron chi connectivity index (χ3n) is 4.86. The van der Waals surface area contributed by atoms with Crippen molar-refractivity contribution in [3.63, 3.8) is 0 Å². The zero-order valence-electron chi connectivity index (χ0n) is 15.1. The van der Waals surface area contributed by atoms with E-state index < -0.39 is 0 Å². The molecular weight excluding hydrogens is 330 g/mol. The highest BCUT2D eigenvalue weighted by Crippen LogP contribution is 2.31. The van der Waals surface area contributed by atoms with Gasteiger partial charge in [0, 0.05) is 36.1 Å². The monoisotopic (exact) mass is 357 g/mol. The molecule has 0 saturated heterocycles. The maximum atomic E-state index is 11.7. The molecule has 2 aromatic rings. The summed E-state index contributed by atoms with van der Waals surface area (Å²) in [4.78, 5) is 18.9. The van der Waals surface area contributed by atoms with E-state index in [1.165, 1.54) is 32.1 Å². The van der Waals surface area contributed by atoms with Gasteiger partial charge in [0.2, 0.25) is 5.91 Å². The molecule has 0 spiro atoms. The van der Waals surface area contributed by atoms with Crippen LogP contribution in [0.5, 0.6) is 0 Å². The second kappa shape index (κ2) is 8.48. The molecule has 4 nitrogen and oxygen atoms in total. The number of rotatable bonds is 6. The van der Waals surface area contributed by atoms with Crippen LogP contribution < -0.4 is 10.2 Å². The Morgan fingerprint density at radius 3 is 2.64 bits per heavy atom. The van der Waals surface area contributed by atoms with Crippen molar-refractivity contribution in [2.24, 2.45) is 0 Å². The molecule has 25 heavy (non-hydrogen) atoms. The Morgan fingerprint density at radius 2 is 1.96 bits per heavy atom. The maximum absolute atomic E-state index is 11.7. The van der Waals surface area contributed by atoms with E-state index in [-0.39, 0.29) is 5.91 Å². The van der Waals surface area contributed by atoms with E-state index in [0.717, 1.165) is 28.5 Å². The summed E-state index contributed by atoms with van der Waals surface area (Å²) in [6.45, 7) is 2.01. The Labute approximate surface area is 154 Å². The van der Waals surface area contributed by atoms with Crippen LogP contribution in [0.4, 0.5) is 10.8 Å². The quantitative estimate of drug-likeness (QED) is 0.761. The third kappa shape index (κ3) is 4.60. The van der Waals surface area contributed by atoms with Crippen LogP contribution in [-0.2, 0) is 4.79 Å². The molecule has 5 heteroatoms. The molecule has 0 radical (unpaired) electrons. The molecule has 1 aliphatic rings. The van der Waals surface area contributed by atoms with Gasteiger partial charge in [-0.15, -0.1) is 11.3 Å². The van der Waals surface area contributed by atoms with Gasteiger partial charge < -0.3 is 10.2 Å². The van der Waals surface area contributed by atoms with Gasteiger partial charge in [-0.05, 0) is 31.4 Å². The van der Waals surface area contributed by atoms with Crippen molar-refractivity contribution in [3.05, 3.63) is 29.6 Å². The SMILES string of the molecule is CCCC(=O)Nc1ccc(-c2csc(N(C)C3CCCCC3)n2)cc1. The molecule has 0 atom stereocenters. The minimum Gasteiger partial charge on any atom is -0.348 e. The first kappa shape index (κ1) is 17.9. The highest BCUT2D eigenvalue weighted by molar-refractivity contribution is 7.14. The topological polar surface area (TPSA) is 45.2 Å². The van der Waals surface area contributed by atoms with Crippen molar-refractivity contribution in [2.75, 3.05) is 17.3 Å². The molecule has 1 saturated carbocycles. The average molecular weight is 358 g/mol. The normalized spacial score (nSPS) is 15.1. The molecule has 0 aliphatic heterocycles. The molecular formula is C20H27N3OS. The molecule has 0 bridgehead atoms. The number of benzene rings is 1. The molecule has 1 amide bonds. The number of amides is 1. The summed E-state index contributed by atoms with van der Waals surface area (Å²) >= 11 is 1.71. The van der Waals surface area contributed by atoms with Crippen LogP contribution in [0.2, 0.25) is 0 Å². The van der Waals surface area contributed by atoms with Crippen molar-refractivity contribution < 1.29 is 4.79 Å². The van der Waals surface area contributed by atoms with Crippen LogP contribution in [-0.4, -0.2) is 24.0 Å². The molecule has 1 aromatic carbocycles. The second-order valence-electron chi connectivity index (χ2n) is 6.79. The highest BCUT2D eigenvalue weighted by atomic mass is 32.1. The standard InChI is InChI=1S/C20H27N3OS/c1-3-7-19(24)21-16-12-10-15(11-13-16)18-14-25-20(22-18)23(2)17-8-5-4-6-9-17/h10-14,17H,3-9H2,1-2H3,(H,21,24). The van der Waals surface area contributed by atoms with Gasteiger partial charge in [-0.1, -0.05) is 38.3 Å². The number of nitrogens with one attached hydrogen (secondary N) is 1. The Hall–Kier alpha value is -1.88. The van der Waals surface area contributed by atoms with Crippen LogP contribution >= 0.6 is 11.3 Å². The summed E-state index contributed by atoms with van der Waals surface area (Å²) in [7, 11) is 2.17. The molecule has 1 N–H and O–H groups in total. The summed E-state index contributed by atoms with van der Waals surface area (Å²) in [5.41, 5.74) is 2.94. The second-order valence-corrected chi connectivity index (χ2v) is 7.63. The van der Waals surface area contributed by atoms with E-state index in [9.17, 15) is 4.79 Å². The molecule has 3 rings (SSSR count). The Balaban J connectivity index is 1.66. The number of thiazole rings is 1. The largest absolute Gasteiger partial charge is 0.348 e. The van der Waals surface area contributed by atoms with Gasteiger partial charge in [-0.3, -0.25) is 4.79 Å². The first-order chi connectivity index (χ1) is 12.2. The summed E-state index contributed by atoms with van der Waals surface area (Å²) in [5, 5.41) is 6.15. The van der Waals surface area contributed by atoms with Crippen molar-refractivity contribution >= 4 is 28.1 Å². The first-order valence-electron chi connectivity index (χ1n) is 9.26. The van der Waals surface area contributed by atoms with Crippen molar-refractivity contribution in [1.82, 2.24) is 4.98 Å². The Bertz CT molecular complexity index is 689. The van der Waals surface area contributed by atoms with Gasteiger partial charge in [0.25, 0.3) is 0 Å². The summed E-state index contributed by atoms with van der Waals surface area (Å²) in [6.07, 6.45) is 8.01. The first-order valence-corrected chi connectivity index (χ1v) is 10.1. The smallest absolute Gasteiger partial charge is 0.224 e. The van der Waals surface area contributed by atoms with Crippen LogP contribution in [0.1, 0.15) is 51.9 Å². The number of anilines is 2. The highest BCUT2D eigenvalue weighted by Gasteiger charge is 2.20. The number of carbonyl (C=O) groups excluding carboxylic acids is 1. The van der Waals surface area contributed by atoms with Gasteiger partial charge in [-0.25, -0.2) is 4.98 Å². The lowest BCUT2D eigenvalue weighted by atomic mass is 9.95. The lowest BCUT2D eigenvalue weighted by molar-refractivity contribution is -0.116. The molecule has 1 aliphatic carbocycles. The van der Waals surface area contributed by atoms with E-state index in [0.29, 0.717) is 12.5 Å². The van der Waals surface area contributed by atoms with Crippen molar-refractivity contribution in [1.29, 1.82) is 0 Å². The van der Waals surface area contributed by atoms with Crippen LogP contribution in [0.15, 0.2) is 29.6 Å². The number of aromatic nitrogens is 1. The fourth-order valence-corrected chi connectivity index (χ4v) is 4.23. The van der Waals surface area contributed by atoms with E-state index in [1.807, 2.05) is 31.2 Å². The summed E-state index contributed by atoms with van der Waals surface area (Å²) < 4.78 is 0. The maximum Gasteiger partial charge on any atom is 0.224 e. The minimum absolute atomic E-state index is 0.0697. The van der Waals surface area contributed by atoms with Gasteiger partial charge >= 0.3 is 0 Å². The van der Waals surface area contributed by atoms with Crippen molar-refractivity contribution in [3.8, 4) is 11.3 Å². The van der Waals surface area contributed by atoms with Gasteiger partial charge in [0.15, 0.2) is 5.13 Å². The lowest BCUT2D eigenvalue weighted by Gasteiger charge is -2.30. The van der Waals surface area contributed by atoms with E-state index in [4.69, 9.17) is 4.98 Å². The van der Waals surface area contributed by atoms with Crippen LogP contribution in [0, 0.1) is 0 Å². The number of nitrogens with zero attached hydrogens (tertiary/aromatic N) is 2. The zero-order valence-corrected chi connectivity index (χ0v) is 15.9. The molecule has 1 heterocycles. The Kier molecular flexibility index (Phi) is 6.08. The summed E-state index contributed by atoms with van der Waals surface area (Å²) in [5.74, 6) is 0.0697. The molecule has 1 fully saturated rings. The fourth-order valence-electron chi connectivity index (χ4n) is 3.36. The van der Waals surface area contributed by atoms with Gasteiger partial charge in [-0.2, -0.15) is 0 Å². The van der Waals surface area contributed by atoms with Gasteiger partial charge in [0.05, 0.1) is 5.69 Å². The Morgan fingerprint density at radius 1 is 1.24 bits per heavy atom. The van der Waals surface area contributed by atoms with E-state index >= 15 is 0 Å².